The van der Waals surface area contributed by atoms with Crippen LogP contribution in [0.25, 0.3) is 21.9 Å². The molecule has 0 N–H and O–H groups in total. The quantitative estimate of drug-likeness (QED) is 0.427. The molecule has 3 aromatic rings. The van der Waals surface area contributed by atoms with Crippen molar-refractivity contribution in [3.8, 4) is 11.1 Å². The number of fused-ring (bicyclic) bond motifs is 2. The van der Waals surface area contributed by atoms with Crippen molar-refractivity contribution in [1.82, 2.24) is 0 Å². The number of carbonyl (C=O) groups excluding carboxylic acids is 1. The normalized spacial score (nSPS) is 12.6. The standard InChI is InChI=1S/C17H8Cl2O/c18-10-5-6-12-13(8-10)11-3-1-2-9-4-7-14(19)16(15(9)11)17(12)20/h1-8H. The van der Waals surface area contributed by atoms with Crippen LogP contribution in [0.4, 0.5) is 0 Å². The Kier molecular flexibility index (Phi) is 2.44. The number of carbonyl (C=O) groups is 1. The summed E-state index contributed by atoms with van der Waals surface area (Å²) < 4.78 is 0. The molecule has 1 nitrogen and oxygen atoms in total. The average molecular weight is 299 g/mol. The summed E-state index contributed by atoms with van der Waals surface area (Å²) in [6.45, 7) is 0. The topological polar surface area (TPSA) is 17.1 Å². The van der Waals surface area contributed by atoms with E-state index in [-0.39, 0.29) is 5.78 Å². The Balaban J connectivity index is 2.27. The lowest BCUT2D eigenvalue weighted by atomic mass is 9.83. The zero-order chi connectivity index (χ0) is 13.9. The fraction of sp³-hybridized carbons (Fsp3) is 0. The SMILES string of the molecule is O=C1c2ccc(Cl)cc2-c2cccc3ccc(Cl)c1c23. The van der Waals surface area contributed by atoms with Crippen LogP contribution < -0.4 is 0 Å². The molecular weight excluding hydrogens is 291 g/mol. The van der Waals surface area contributed by atoms with Crippen LogP contribution in [0, 0.1) is 0 Å². The third-order valence-electron chi connectivity index (χ3n) is 3.74. The van der Waals surface area contributed by atoms with E-state index in [1.54, 1.807) is 18.2 Å². The maximum atomic E-state index is 12.7. The van der Waals surface area contributed by atoms with Gasteiger partial charge in [-0.1, -0.05) is 47.5 Å². The van der Waals surface area contributed by atoms with E-state index in [2.05, 4.69) is 0 Å². The van der Waals surface area contributed by atoms with Crippen LogP contribution in [0.5, 0.6) is 0 Å². The van der Waals surface area contributed by atoms with Gasteiger partial charge in [-0.25, -0.2) is 0 Å². The first-order valence-electron chi connectivity index (χ1n) is 6.22. The van der Waals surface area contributed by atoms with E-state index < -0.39 is 0 Å². The van der Waals surface area contributed by atoms with E-state index in [9.17, 15) is 4.79 Å². The van der Waals surface area contributed by atoms with Crippen LogP contribution in [0.1, 0.15) is 15.9 Å². The fourth-order valence-electron chi connectivity index (χ4n) is 2.87. The Hall–Kier alpha value is -1.83. The largest absolute Gasteiger partial charge is 0.289 e. The predicted octanol–water partition coefficient (Wildman–Crippen LogP) is 5.36. The summed E-state index contributed by atoms with van der Waals surface area (Å²) in [4.78, 5) is 12.7. The first kappa shape index (κ1) is 12.0. The highest BCUT2D eigenvalue weighted by molar-refractivity contribution is 6.39. The molecule has 0 amide bonds. The van der Waals surface area contributed by atoms with Crippen molar-refractivity contribution in [2.24, 2.45) is 0 Å². The maximum absolute atomic E-state index is 12.7. The number of hydrogen-bond donors (Lipinski definition) is 0. The summed E-state index contributed by atoms with van der Waals surface area (Å²) in [6.07, 6.45) is 0. The van der Waals surface area contributed by atoms with Gasteiger partial charge in [0.25, 0.3) is 0 Å². The van der Waals surface area contributed by atoms with Crippen molar-refractivity contribution in [1.29, 1.82) is 0 Å². The number of hydrogen-bond acceptors (Lipinski definition) is 1. The molecule has 1 aliphatic carbocycles. The summed E-state index contributed by atoms with van der Waals surface area (Å²) in [7, 11) is 0. The van der Waals surface area contributed by atoms with Crippen molar-refractivity contribution in [3.63, 3.8) is 0 Å². The van der Waals surface area contributed by atoms with Gasteiger partial charge in [0, 0.05) is 21.5 Å². The predicted molar refractivity (Wildman–Crippen MR) is 82.8 cm³/mol. The van der Waals surface area contributed by atoms with Crippen LogP contribution in [-0.4, -0.2) is 5.78 Å². The van der Waals surface area contributed by atoms with E-state index in [1.165, 1.54) is 0 Å². The molecule has 0 aromatic heterocycles. The smallest absolute Gasteiger partial charge is 0.195 e. The van der Waals surface area contributed by atoms with Crippen molar-refractivity contribution in [2.75, 3.05) is 0 Å². The number of ketones is 1. The summed E-state index contributed by atoms with van der Waals surface area (Å²) >= 11 is 12.3. The molecule has 0 saturated heterocycles. The number of benzene rings is 3. The van der Waals surface area contributed by atoms with Crippen molar-refractivity contribution >= 4 is 39.8 Å². The molecule has 4 rings (SSSR count). The van der Waals surface area contributed by atoms with E-state index in [4.69, 9.17) is 23.2 Å². The molecule has 0 atom stereocenters. The lowest BCUT2D eigenvalue weighted by Gasteiger charge is -2.20. The molecule has 0 saturated carbocycles. The first-order chi connectivity index (χ1) is 9.66. The molecule has 1 aliphatic rings. The minimum absolute atomic E-state index is 0.0361. The van der Waals surface area contributed by atoms with E-state index in [1.807, 2.05) is 30.3 Å². The third kappa shape index (κ3) is 1.48. The average Bonchev–Trinajstić information content (AvgIpc) is 2.45. The zero-order valence-corrected chi connectivity index (χ0v) is 11.8. The van der Waals surface area contributed by atoms with Gasteiger partial charge in [0.15, 0.2) is 5.78 Å². The monoisotopic (exact) mass is 298 g/mol. The second-order valence-electron chi connectivity index (χ2n) is 4.85. The van der Waals surface area contributed by atoms with Gasteiger partial charge in [-0.05, 0) is 40.8 Å². The Morgan fingerprint density at radius 1 is 0.800 bits per heavy atom. The van der Waals surface area contributed by atoms with Crippen LogP contribution in [0.15, 0.2) is 48.5 Å². The minimum Gasteiger partial charge on any atom is -0.289 e. The van der Waals surface area contributed by atoms with E-state index >= 15 is 0 Å². The maximum Gasteiger partial charge on any atom is 0.195 e. The van der Waals surface area contributed by atoms with Gasteiger partial charge in [-0.3, -0.25) is 4.79 Å². The van der Waals surface area contributed by atoms with Gasteiger partial charge in [0.05, 0.1) is 5.02 Å². The van der Waals surface area contributed by atoms with Crippen molar-refractivity contribution in [3.05, 3.63) is 69.7 Å². The first-order valence-corrected chi connectivity index (χ1v) is 6.98. The summed E-state index contributed by atoms with van der Waals surface area (Å²) in [5, 5.41) is 3.05. The second kappa shape index (κ2) is 4.08. The Morgan fingerprint density at radius 3 is 2.50 bits per heavy atom. The molecule has 0 spiro atoms. The van der Waals surface area contributed by atoms with Gasteiger partial charge < -0.3 is 0 Å². The zero-order valence-electron chi connectivity index (χ0n) is 10.3. The molecule has 0 bridgehead atoms. The van der Waals surface area contributed by atoms with E-state index in [0.717, 1.165) is 21.9 Å². The second-order valence-corrected chi connectivity index (χ2v) is 5.69. The summed E-state index contributed by atoms with van der Waals surface area (Å²) in [5.41, 5.74) is 3.14. The van der Waals surface area contributed by atoms with Crippen LogP contribution >= 0.6 is 23.2 Å². The van der Waals surface area contributed by atoms with Crippen LogP contribution in [0.2, 0.25) is 10.0 Å². The number of rotatable bonds is 0. The molecule has 96 valence electrons. The van der Waals surface area contributed by atoms with Gasteiger partial charge in [-0.2, -0.15) is 0 Å². The van der Waals surface area contributed by atoms with Gasteiger partial charge in [0.1, 0.15) is 0 Å². The van der Waals surface area contributed by atoms with Gasteiger partial charge in [-0.15, -0.1) is 0 Å². The molecule has 3 aromatic carbocycles. The molecule has 0 aliphatic heterocycles. The molecule has 0 radical (unpaired) electrons. The summed E-state index contributed by atoms with van der Waals surface area (Å²) in [5.74, 6) is -0.0361. The molecule has 3 heteroatoms. The molecule has 20 heavy (non-hydrogen) atoms. The van der Waals surface area contributed by atoms with Crippen molar-refractivity contribution in [2.45, 2.75) is 0 Å². The molecule has 0 heterocycles. The third-order valence-corrected chi connectivity index (χ3v) is 4.29. The van der Waals surface area contributed by atoms with Gasteiger partial charge >= 0.3 is 0 Å². The van der Waals surface area contributed by atoms with E-state index in [0.29, 0.717) is 21.2 Å². The summed E-state index contributed by atoms with van der Waals surface area (Å²) in [6, 6.07) is 15.0. The fourth-order valence-corrected chi connectivity index (χ4v) is 3.29. The van der Waals surface area contributed by atoms with Crippen LogP contribution in [0.3, 0.4) is 0 Å². The highest BCUT2D eigenvalue weighted by atomic mass is 35.5. The molecule has 0 fully saturated rings. The van der Waals surface area contributed by atoms with Crippen molar-refractivity contribution < 1.29 is 4.79 Å². The lowest BCUT2D eigenvalue weighted by Crippen LogP contribution is -2.10. The Bertz CT molecular complexity index is 897. The van der Waals surface area contributed by atoms with Gasteiger partial charge in [0.2, 0.25) is 0 Å². The Labute approximate surface area is 125 Å². The Morgan fingerprint density at radius 2 is 1.65 bits per heavy atom. The highest BCUT2D eigenvalue weighted by Gasteiger charge is 2.27. The molecular formula is C17H8Cl2O. The van der Waals surface area contributed by atoms with Crippen LogP contribution in [-0.2, 0) is 0 Å². The lowest BCUT2D eigenvalue weighted by molar-refractivity contribution is 0.104. The molecule has 0 unspecified atom stereocenters. The highest BCUT2D eigenvalue weighted by Crippen LogP contribution is 2.42. The minimum atomic E-state index is -0.0361. The number of halogens is 2.